The normalized spacial score (nSPS) is 19.3. The summed E-state index contributed by atoms with van der Waals surface area (Å²) in [5.74, 6) is -3.81. The van der Waals surface area contributed by atoms with Crippen LogP contribution in [0.3, 0.4) is 0 Å². The van der Waals surface area contributed by atoms with Crippen molar-refractivity contribution >= 4 is 27.9 Å². The van der Waals surface area contributed by atoms with Crippen molar-refractivity contribution in [3.05, 3.63) is 69.0 Å². The molecule has 2 heterocycles. The minimum absolute atomic E-state index is 0.133. The van der Waals surface area contributed by atoms with Gasteiger partial charge in [0.05, 0.1) is 12.5 Å². The Kier molecular flexibility index (Phi) is 7.27. The Labute approximate surface area is 191 Å². The number of aromatic nitrogens is 1. The summed E-state index contributed by atoms with van der Waals surface area (Å²) in [6.07, 6.45) is 4.12. The Balaban J connectivity index is 1.69. The summed E-state index contributed by atoms with van der Waals surface area (Å²) >= 11 is 3.53. The molecule has 3 rings (SSSR count). The van der Waals surface area contributed by atoms with Gasteiger partial charge in [0.25, 0.3) is 11.8 Å². The summed E-state index contributed by atoms with van der Waals surface area (Å²) in [6, 6.07) is 8.49. The van der Waals surface area contributed by atoms with Gasteiger partial charge in [-0.1, -0.05) is 39.7 Å². The van der Waals surface area contributed by atoms with Gasteiger partial charge in [0.1, 0.15) is 0 Å². The topological polar surface area (TPSA) is 36.4 Å². The molecule has 166 valence electrons. The fourth-order valence-corrected chi connectivity index (χ4v) is 4.56. The number of pyridine rings is 1. The number of hydrogen-bond donors (Lipinski definition) is 0. The fourth-order valence-electron chi connectivity index (χ4n) is 4.04. The number of halogens is 3. The Morgan fingerprint density at radius 3 is 2.55 bits per heavy atom. The molecule has 0 N–H and O–H groups in total. The van der Waals surface area contributed by atoms with E-state index < -0.39 is 11.8 Å². The number of nitrogens with zero attached hydrogens (tertiary/aromatic N) is 3. The van der Waals surface area contributed by atoms with Crippen LogP contribution < -0.4 is 0 Å². The second-order valence-electron chi connectivity index (χ2n) is 8.42. The molecule has 1 saturated heterocycles. The number of piperidine rings is 1. The first kappa shape index (κ1) is 23.5. The number of benzene rings is 1. The van der Waals surface area contributed by atoms with Crippen LogP contribution in [0.15, 0.2) is 46.6 Å². The van der Waals surface area contributed by atoms with E-state index in [1.54, 1.807) is 44.6 Å². The number of alkyl halides is 2. The first-order valence-corrected chi connectivity index (χ1v) is 11.1. The van der Waals surface area contributed by atoms with Gasteiger partial charge >= 0.3 is 0 Å². The molecule has 1 aliphatic rings. The van der Waals surface area contributed by atoms with Crippen molar-refractivity contribution in [2.45, 2.75) is 32.1 Å². The number of rotatable bonds is 5. The highest BCUT2D eigenvalue weighted by atomic mass is 79.9. The molecule has 0 unspecified atom stereocenters. The molecule has 31 heavy (non-hydrogen) atoms. The summed E-state index contributed by atoms with van der Waals surface area (Å²) in [7, 11) is 3.34. The molecule has 0 saturated carbocycles. The van der Waals surface area contributed by atoms with Crippen molar-refractivity contribution in [2.75, 3.05) is 33.7 Å². The SMILES string of the molecule is C/C(=C\c1c(Br)ccnc1C)CN1CC[C@@H](c2ccc(C(=O)N(C)C)cc2)C(F)(F)C1. The minimum Gasteiger partial charge on any atom is -0.345 e. The van der Waals surface area contributed by atoms with Crippen molar-refractivity contribution in [2.24, 2.45) is 0 Å². The smallest absolute Gasteiger partial charge is 0.267 e. The quantitative estimate of drug-likeness (QED) is 0.562. The maximum atomic E-state index is 15.0. The van der Waals surface area contributed by atoms with E-state index >= 15 is 8.78 Å². The average molecular weight is 492 g/mol. The lowest BCUT2D eigenvalue weighted by Crippen LogP contribution is -2.47. The summed E-state index contributed by atoms with van der Waals surface area (Å²) in [6.45, 7) is 4.69. The second-order valence-corrected chi connectivity index (χ2v) is 9.27. The number of amides is 1. The van der Waals surface area contributed by atoms with Gasteiger partial charge < -0.3 is 4.90 Å². The molecule has 4 nitrogen and oxygen atoms in total. The predicted molar refractivity (Wildman–Crippen MR) is 124 cm³/mol. The van der Waals surface area contributed by atoms with Gasteiger partial charge in [0.2, 0.25) is 0 Å². The lowest BCUT2D eigenvalue weighted by molar-refractivity contribution is -0.0805. The van der Waals surface area contributed by atoms with E-state index in [0.29, 0.717) is 30.6 Å². The highest BCUT2D eigenvalue weighted by molar-refractivity contribution is 9.10. The molecule has 1 atom stereocenters. The predicted octanol–water partition coefficient (Wildman–Crippen LogP) is 5.38. The number of carbonyl (C=O) groups excluding carboxylic acids is 1. The Hall–Kier alpha value is -2.12. The third kappa shape index (κ3) is 5.57. The van der Waals surface area contributed by atoms with Crippen LogP contribution >= 0.6 is 15.9 Å². The molecule has 1 aromatic heterocycles. The zero-order valence-electron chi connectivity index (χ0n) is 18.3. The van der Waals surface area contributed by atoms with Crippen molar-refractivity contribution < 1.29 is 13.6 Å². The summed E-state index contributed by atoms with van der Waals surface area (Å²) in [5, 5.41) is 0. The van der Waals surface area contributed by atoms with Crippen LogP contribution in [0.2, 0.25) is 0 Å². The number of aryl methyl sites for hydroxylation is 1. The number of hydrogen-bond acceptors (Lipinski definition) is 3. The largest absolute Gasteiger partial charge is 0.345 e. The molecular weight excluding hydrogens is 464 g/mol. The van der Waals surface area contributed by atoms with Gasteiger partial charge in [-0.3, -0.25) is 14.7 Å². The first-order valence-electron chi connectivity index (χ1n) is 10.3. The van der Waals surface area contributed by atoms with E-state index in [2.05, 4.69) is 20.9 Å². The van der Waals surface area contributed by atoms with Crippen molar-refractivity contribution in [1.29, 1.82) is 0 Å². The van der Waals surface area contributed by atoms with Crippen LogP contribution in [0, 0.1) is 6.92 Å². The van der Waals surface area contributed by atoms with Crippen molar-refractivity contribution in [3.63, 3.8) is 0 Å². The molecule has 1 amide bonds. The van der Waals surface area contributed by atoms with Crippen LogP contribution in [-0.2, 0) is 0 Å². The lowest BCUT2D eigenvalue weighted by atomic mass is 9.85. The molecule has 1 aromatic carbocycles. The molecule has 0 spiro atoms. The molecule has 2 aromatic rings. The van der Waals surface area contributed by atoms with E-state index in [1.807, 2.05) is 30.9 Å². The highest BCUT2D eigenvalue weighted by Crippen LogP contribution is 2.40. The molecular formula is C24H28BrF2N3O. The van der Waals surface area contributed by atoms with Crippen LogP contribution in [0.1, 0.15) is 46.4 Å². The summed E-state index contributed by atoms with van der Waals surface area (Å²) in [5.41, 5.74) is 3.98. The van der Waals surface area contributed by atoms with E-state index in [4.69, 9.17) is 0 Å². The van der Waals surface area contributed by atoms with Gasteiger partial charge in [-0.05, 0) is 50.6 Å². The standard InChI is InChI=1S/C24H28BrF2N3O/c1-16(13-20-17(2)28-11-9-22(20)25)14-30-12-10-21(24(26,27)15-30)18-5-7-19(8-6-18)23(31)29(3)4/h5-9,11,13,21H,10,12,14-15H2,1-4H3/b16-13+/t21-/m0/s1. The summed E-state index contributed by atoms with van der Waals surface area (Å²) < 4.78 is 31.0. The molecule has 1 aliphatic heterocycles. The van der Waals surface area contributed by atoms with E-state index in [1.165, 1.54) is 4.90 Å². The molecule has 1 fully saturated rings. The zero-order chi connectivity index (χ0) is 22.8. The third-order valence-electron chi connectivity index (χ3n) is 5.64. The van der Waals surface area contributed by atoms with Gasteiger partial charge in [0, 0.05) is 48.1 Å². The highest BCUT2D eigenvalue weighted by Gasteiger charge is 2.45. The number of carbonyl (C=O) groups is 1. The molecule has 7 heteroatoms. The summed E-state index contributed by atoms with van der Waals surface area (Å²) in [4.78, 5) is 19.6. The van der Waals surface area contributed by atoms with Crippen LogP contribution in [0.4, 0.5) is 8.78 Å². The zero-order valence-corrected chi connectivity index (χ0v) is 19.9. The third-order valence-corrected chi connectivity index (χ3v) is 6.34. The van der Waals surface area contributed by atoms with Gasteiger partial charge in [0.15, 0.2) is 0 Å². The monoisotopic (exact) mass is 491 g/mol. The van der Waals surface area contributed by atoms with Crippen molar-refractivity contribution in [3.8, 4) is 0 Å². The molecule has 0 aliphatic carbocycles. The average Bonchev–Trinajstić information content (AvgIpc) is 2.70. The van der Waals surface area contributed by atoms with Gasteiger partial charge in [-0.15, -0.1) is 0 Å². The molecule has 0 radical (unpaired) electrons. The van der Waals surface area contributed by atoms with E-state index in [0.717, 1.165) is 21.3 Å². The fraction of sp³-hybridized carbons (Fsp3) is 0.417. The maximum absolute atomic E-state index is 15.0. The van der Waals surface area contributed by atoms with Gasteiger partial charge in [-0.2, -0.15) is 0 Å². The lowest BCUT2D eigenvalue weighted by Gasteiger charge is -2.38. The van der Waals surface area contributed by atoms with Crippen LogP contribution in [-0.4, -0.2) is 60.3 Å². The van der Waals surface area contributed by atoms with Crippen LogP contribution in [0.25, 0.3) is 6.08 Å². The van der Waals surface area contributed by atoms with E-state index in [9.17, 15) is 4.79 Å². The van der Waals surface area contributed by atoms with Crippen LogP contribution in [0.5, 0.6) is 0 Å². The van der Waals surface area contributed by atoms with Crippen molar-refractivity contribution in [1.82, 2.24) is 14.8 Å². The Morgan fingerprint density at radius 1 is 1.29 bits per heavy atom. The second kappa shape index (κ2) is 9.57. The molecule has 0 bridgehead atoms. The Morgan fingerprint density at radius 2 is 1.97 bits per heavy atom. The maximum Gasteiger partial charge on any atom is 0.267 e. The van der Waals surface area contributed by atoms with E-state index in [-0.39, 0.29) is 12.5 Å². The number of likely N-dealkylation sites (tertiary alicyclic amines) is 1. The minimum atomic E-state index is -2.84. The Bertz CT molecular complexity index is 953. The van der Waals surface area contributed by atoms with Gasteiger partial charge in [-0.25, -0.2) is 8.78 Å². The first-order chi connectivity index (χ1) is 14.6.